The van der Waals surface area contributed by atoms with Crippen LogP contribution in [0.15, 0.2) is 24.8 Å². The summed E-state index contributed by atoms with van der Waals surface area (Å²) in [5.74, 6) is -0.435. The van der Waals surface area contributed by atoms with E-state index in [0.29, 0.717) is 0 Å². The van der Waals surface area contributed by atoms with E-state index in [9.17, 15) is 0 Å². The first-order valence-corrected chi connectivity index (χ1v) is 7.57. The van der Waals surface area contributed by atoms with Crippen LogP contribution in [0.25, 0.3) is 0 Å². The van der Waals surface area contributed by atoms with Crippen molar-refractivity contribution in [1.29, 1.82) is 0 Å². The van der Waals surface area contributed by atoms with Crippen molar-refractivity contribution >= 4 is 0 Å². The molecule has 0 unspecified atom stereocenters. The maximum absolute atomic E-state index is 5.83. The van der Waals surface area contributed by atoms with Gasteiger partial charge in [0, 0.05) is 5.41 Å². The van der Waals surface area contributed by atoms with Crippen LogP contribution in [0.4, 0.5) is 0 Å². The van der Waals surface area contributed by atoms with E-state index in [4.69, 9.17) is 9.47 Å². The predicted octanol–water partition coefficient (Wildman–Crippen LogP) is 4.86. The summed E-state index contributed by atoms with van der Waals surface area (Å²) < 4.78 is 11.7. The highest BCUT2D eigenvalue weighted by Gasteiger charge is 2.38. The summed E-state index contributed by atoms with van der Waals surface area (Å²) in [6, 6.07) is 0. The number of hydrogen-bond acceptors (Lipinski definition) is 2. The van der Waals surface area contributed by atoms with E-state index in [1.54, 1.807) is 0 Å². The van der Waals surface area contributed by atoms with Crippen LogP contribution in [0.1, 0.15) is 59.3 Å². The van der Waals surface area contributed by atoms with Crippen molar-refractivity contribution in [3.05, 3.63) is 24.8 Å². The van der Waals surface area contributed by atoms with Gasteiger partial charge in [-0.05, 0) is 39.5 Å². The Kier molecular flexibility index (Phi) is 6.81. The number of allylic oxidation sites excluding steroid dienone is 3. The SMILES string of the molecule is C=CCC1(CC=CCCCCC)COC(C)(C)OC1. The average Bonchev–Trinajstić information content (AvgIpc) is 2.38. The van der Waals surface area contributed by atoms with Crippen molar-refractivity contribution in [3.63, 3.8) is 0 Å². The molecule has 1 heterocycles. The molecule has 0 saturated carbocycles. The molecule has 1 fully saturated rings. The lowest BCUT2D eigenvalue weighted by atomic mass is 9.81. The van der Waals surface area contributed by atoms with Crippen LogP contribution in [0.2, 0.25) is 0 Å². The van der Waals surface area contributed by atoms with E-state index in [1.165, 1.54) is 25.7 Å². The maximum atomic E-state index is 5.83. The van der Waals surface area contributed by atoms with Gasteiger partial charge < -0.3 is 9.47 Å². The highest BCUT2D eigenvalue weighted by atomic mass is 16.7. The van der Waals surface area contributed by atoms with Gasteiger partial charge in [0.1, 0.15) is 0 Å². The van der Waals surface area contributed by atoms with Crippen molar-refractivity contribution in [3.8, 4) is 0 Å². The monoisotopic (exact) mass is 266 g/mol. The molecule has 0 spiro atoms. The Morgan fingerprint density at radius 2 is 1.74 bits per heavy atom. The molecule has 110 valence electrons. The van der Waals surface area contributed by atoms with E-state index in [0.717, 1.165) is 26.1 Å². The van der Waals surface area contributed by atoms with Crippen LogP contribution in [0.3, 0.4) is 0 Å². The van der Waals surface area contributed by atoms with Crippen LogP contribution in [0.5, 0.6) is 0 Å². The lowest BCUT2D eigenvalue weighted by Crippen LogP contribution is -2.46. The second kappa shape index (κ2) is 7.86. The minimum atomic E-state index is -0.435. The molecule has 0 atom stereocenters. The van der Waals surface area contributed by atoms with Gasteiger partial charge in [-0.3, -0.25) is 0 Å². The van der Waals surface area contributed by atoms with Gasteiger partial charge in [0.2, 0.25) is 0 Å². The average molecular weight is 266 g/mol. The predicted molar refractivity (Wildman–Crippen MR) is 81.1 cm³/mol. The molecule has 1 saturated heterocycles. The molecule has 2 nitrogen and oxygen atoms in total. The molecule has 0 aromatic rings. The molecule has 0 aliphatic carbocycles. The summed E-state index contributed by atoms with van der Waals surface area (Å²) in [6.07, 6.45) is 13.6. The van der Waals surface area contributed by atoms with Gasteiger partial charge in [-0.25, -0.2) is 0 Å². The molecule has 0 amide bonds. The van der Waals surface area contributed by atoms with E-state index in [-0.39, 0.29) is 5.41 Å². The quantitative estimate of drug-likeness (QED) is 0.461. The zero-order chi connectivity index (χ0) is 14.2. The third-order valence-corrected chi connectivity index (χ3v) is 3.72. The lowest BCUT2D eigenvalue weighted by Gasteiger charge is -2.42. The fourth-order valence-electron chi connectivity index (χ4n) is 2.33. The van der Waals surface area contributed by atoms with Gasteiger partial charge in [0.05, 0.1) is 13.2 Å². The maximum Gasteiger partial charge on any atom is 0.162 e. The van der Waals surface area contributed by atoms with Gasteiger partial charge in [-0.1, -0.05) is 38.0 Å². The Labute approximate surface area is 118 Å². The molecule has 0 aromatic carbocycles. The van der Waals surface area contributed by atoms with Crippen LogP contribution in [-0.4, -0.2) is 19.0 Å². The van der Waals surface area contributed by atoms with Gasteiger partial charge in [0.15, 0.2) is 5.79 Å². The molecule has 0 N–H and O–H groups in total. The van der Waals surface area contributed by atoms with E-state index >= 15 is 0 Å². The molecule has 0 aromatic heterocycles. The smallest absolute Gasteiger partial charge is 0.162 e. The first-order chi connectivity index (χ1) is 9.04. The van der Waals surface area contributed by atoms with Crippen molar-refractivity contribution in [2.75, 3.05) is 13.2 Å². The molecular weight excluding hydrogens is 236 g/mol. The van der Waals surface area contributed by atoms with Gasteiger partial charge in [0.25, 0.3) is 0 Å². The summed E-state index contributed by atoms with van der Waals surface area (Å²) in [5, 5.41) is 0. The van der Waals surface area contributed by atoms with Gasteiger partial charge in [-0.15, -0.1) is 6.58 Å². The van der Waals surface area contributed by atoms with E-state index < -0.39 is 5.79 Å². The highest BCUT2D eigenvalue weighted by Crippen LogP contribution is 2.36. The van der Waals surface area contributed by atoms with Crippen molar-refractivity contribution in [2.24, 2.45) is 5.41 Å². The number of rotatable bonds is 8. The summed E-state index contributed by atoms with van der Waals surface area (Å²) in [6.45, 7) is 11.6. The summed E-state index contributed by atoms with van der Waals surface area (Å²) in [4.78, 5) is 0. The van der Waals surface area contributed by atoms with Crippen LogP contribution >= 0.6 is 0 Å². The largest absolute Gasteiger partial charge is 0.350 e. The zero-order valence-corrected chi connectivity index (χ0v) is 12.9. The third-order valence-electron chi connectivity index (χ3n) is 3.72. The van der Waals surface area contributed by atoms with Crippen molar-refractivity contribution in [2.45, 2.75) is 65.1 Å². The molecule has 2 heteroatoms. The minimum absolute atomic E-state index is 0.0819. The Morgan fingerprint density at radius 1 is 1.05 bits per heavy atom. The Morgan fingerprint density at radius 3 is 2.32 bits per heavy atom. The first-order valence-electron chi connectivity index (χ1n) is 7.57. The second-order valence-electron chi connectivity index (χ2n) is 6.14. The topological polar surface area (TPSA) is 18.5 Å². The molecule has 0 bridgehead atoms. The fraction of sp³-hybridized carbons (Fsp3) is 0.765. The molecule has 0 radical (unpaired) electrons. The van der Waals surface area contributed by atoms with E-state index in [2.05, 4.69) is 25.7 Å². The highest BCUT2D eigenvalue weighted by molar-refractivity contribution is 4.96. The standard InChI is InChI=1S/C17H30O2/c1-5-7-8-9-10-11-13-17(12-6-2)14-18-16(3,4)19-15-17/h6,10-11H,2,5,7-9,12-15H2,1,3-4H3. The number of ether oxygens (including phenoxy) is 2. The molecule has 19 heavy (non-hydrogen) atoms. The number of hydrogen-bond donors (Lipinski definition) is 0. The lowest BCUT2D eigenvalue weighted by molar-refractivity contribution is -0.284. The summed E-state index contributed by atoms with van der Waals surface area (Å²) >= 11 is 0. The van der Waals surface area contributed by atoms with Crippen LogP contribution in [0, 0.1) is 5.41 Å². The van der Waals surface area contributed by atoms with Crippen LogP contribution < -0.4 is 0 Å². The number of unbranched alkanes of at least 4 members (excludes halogenated alkanes) is 3. The zero-order valence-electron chi connectivity index (χ0n) is 12.9. The van der Waals surface area contributed by atoms with Crippen molar-refractivity contribution in [1.82, 2.24) is 0 Å². The van der Waals surface area contributed by atoms with Gasteiger partial charge >= 0.3 is 0 Å². The molecular formula is C17H30O2. The van der Waals surface area contributed by atoms with E-state index in [1.807, 2.05) is 19.9 Å². The van der Waals surface area contributed by atoms with Crippen LogP contribution in [-0.2, 0) is 9.47 Å². The summed E-state index contributed by atoms with van der Waals surface area (Å²) in [5.41, 5.74) is 0.0819. The minimum Gasteiger partial charge on any atom is -0.350 e. The Bertz CT molecular complexity index is 282. The molecule has 1 aliphatic heterocycles. The van der Waals surface area contributed by atoms with Crippen molar-refractivity contribution < 1.29 is 9.47 Å². The molecule has 1 aliphatic rings. The first kappa shape index (κ1) is 16.5. The third kappa shape index (κ3) is 5.92. The molecule has 1 rings (SSSR count). The normalized spacial score (nSPS) is 21.6. The second-order valence-corrected chi connectivity index (χ2v) is 6.14. The fourth-order valence-corrected chi connectivity index (χ4v) is 2.33. The van der Waals surface area contributed by atoms with Gasteiger partial charge in [-0.2, -0.15) is 0 Å². The Balaban J connectivity index is 2.42. The summed E-state index contributed by atoms with van der Waals surface area (Å²) in [7, 11) is 0. The Hall–Kier alpha value is -0.600.